The Morgan fingerprint density at radius 2 is 1.62 bits per heavy atom. The maximum Gasteiger partial charge on any atom is 0.229 e. The molecular weight excluding hydrogens is 423 g/mol. The Morgan fingerprint density at radius 3 is 2.28 bits per heavy atom. The van der Waals surface area contributed by atoms with Gasteiger partial charge >= 0.3 is 0 Å². The number of thiocarbonyl (C=S) groups is 1. The Morgan fingerprint density at radius 1 is 0.938 bits per heavy atom. The molecule has 3 aromatic rings. The van der Waals surface area contributed by atoms with Gasteiger partial charge in [0.2, 0.25) is 11.9 Å². The molecular formula is C24H27FN6S. The van der Waals surface area contributed by atoms with Gasteiger partial charge in [0.25, 0.3) is 0 Å². The molecule has 2 aromatic carbocycles. The zero-order valence-corrected chi connectivity index (χ0v) is 19.5. The van der Waals surface area contributed by atoms with E-state index in [0.717, 1.165) is 28.2 Å². The number of anilines is 2. The third-order valence-electron chi connectivity index (χ3n) is 4.66. The molecule has 0 saturated carbocycles. The molecule has 1 heterocycles. The van der Waals surface area contributed by atoms with E-state index in [0.29, 0.717) is 30.0 Å². The molecule has 166 valence electrons. The summed E-state index contributed by atoms with van der Waals surface area (Å²) in [6.45, 7) is 8.36. The van der Waals surface area contributed by atoms with Crippen molar-refractivity contribution in [2.45, 2.75) is 34.1 Å². The molecule has 3 N–H and O–H groups in total. The molecule has 32 heavy (non-hydrogen) atoms. The first-order chi connectivity index (χ1) is 15.3. The predicted molar refractivity (Wildman–Crippen MR) is 133 cm³/mol. The molecule has 0 bridgehead atoms. The number of aryl methyl sites for hydroxylation is 4. The van der Waals surface area contributed by atoms with Crippen molar-refractivity contribution < 1.29 is 4.39 Å². The molecule has 0 aliphatic heterocycles. The molecule has 0 saturated heterocycles. The number of hydrogen-bond acceptors (Lipinski definition) is 4. The fourth-order valence-electron chi connectivity index (χ4n) is 3.16. The molecule has 0 fully saturated rings. The minimum Gasteiger partial charge on any atom is -0.332 e. The van der Waals surface area contributed by atoms with Crippen LogP contribution in [0.5, 0.6) is 0 Å². The molecule has 3 rings (SSSR count). The normalized spacial score (nSPS) is 11.2. The topological polar surface area (TPSA) is 74.2 Å². The summed E-state index contributed by atoms with van der Waals surface area (Å²) in [6, 6.07) is 14.4. The maximum absolute atomic E-state index is 13.1. The fourth-order valence-corrected chi connectivity index (χ4v) is 3.37. The number of guanidine groups is 1. The van der Waals surface area contributed by atoms with Crippen LogP contribution in [0.1, 0.15) is 28.1 Å². The molecule has 1 aromatic heterocycles. The number of halogens is 1. The lowest BCUT2D eigenvalue weighted by Crippen LogP contribution is -2.39. The van der Waals surface area contributed by atoms with Gasteiger partial charge < -0.3 is 10.6 Å². The molecule has 0 radical (unpaired) electrons. The van der Waals surface area contributed by atoms with E-state index in [9.17, 15) is 4.39 Å². The predicted octanol–water partition coefficient (Wildman–Crippen LogP) is 4.85. The lowest BCUT2D eigenvalue weighted by atomic mass is 10.1. The Labute approximate surface area is 193 Å². The van der Waals surface area contributed by atoms with Gasteiger partial charge in [-0.2, -0.15) is 0 Å². The molecule has 8 heteroatoms. The third kappa shape index (κ3) is 7.09. The third-order valence-corrected chi connectivity index (χ3v) is 4.86. The van der Waals surface area contributed by atoms with Crippen LogP contribution in [0.3, 0.4) is 0 Å². The van der Waals surface area contributed by atoms with E-state index in [2.05, 4.69) is 37.0 Å². The van der Waals surface area contributed by atoms with Gasteiger partial charge in [0.15, 0.2) is 5.11 Å². The fraction of sp³-hybridized carbons (Fsp3) is 0.250. The van der Waals surface area contributed by atoms with Gasteiger partial charge in [-0.1, -0.05) is 29.8 Å². The number of benzene rings is 2. The lowest BCUT2D eigenvalue weighted by Gasteiger charge is -2.15. The number of rotatable bonds is 5. The SMILES string of the molecule is Cc1ccc(NC(=S)NC(=NCCc2ccc(F)cc2)Nc2nc(C)cc(C)n2)c(C)c1. The molecule has 0 amide bonds. The summed E-state index contributed by atoms with van der Waals surface area (Å²) in [5, 5.41) is 9.84. The van der Waals surface area contributed by atoms with Gasteiger partial charge in [-0.15, -0.1) is 0 Å². The maximum atomic E-state index is 13.1. The molecule has 0 aliphatic rings. The van der Waals surface area contributed by atoms with E-state index in [1.807, 2.05) is 45.9 Å². The first-order valence-corrected chi connectivity index (χ1v) is 10.7. The second-order valence-corrected chi connectivity index (χ2v) is 8.01. The summed E-state index contributed by atoms with van der Waals surface area (Å²) >= 11 is 5.51. The highest BCUT2D eigenvalue weighted by atomic mass is 32.1. The molecule has 0 spiro atoms. The Balaban J connectivity index is 1.73. The quantitative estimate of drug-likeness (QED) is 0.293. The van der Waals surface area contributed by atoms with Gasteiger partial charge in [0.05, 0.1) is 0 Å². The van der Waals surface area contributed by atoms with Crippen LogP contribution < -0.4 is 16.0 Å². The summed E-state index contributed by atoms with van der Waals surface area (Å²) < 4.78 is 13.1. The molecule has 0 aliphatic carbocycles. The Bertz CT molecular complexity index is 1110. The van der Waals surface area contributed by atoms with E-state index in [-0.39, 0.29) is 5.82 Å². The van der Waals surface area contributed by atoms with Crippen molar-refractivity contribution in [3.63, 3.8) is 0 Å². The van der Waals surface area contributed by atoms with Gasteiger partial charge in [-0.3, -0.25) is 10.3 Å². The van der Waals surface area contributed by atoms with Crippen molar-refractivity contribution in [3.05, 3.63) is 82.4 Å². The van der Waals surface area contributed by atoms with E-state index >= 15 is 0 Å². The number of aliphatic imine (C=N–C) groups is 1. The minimum atomic E-state index is -0.254. The highest BCUT2D eigenvalue weighted by molar-refractivity contribution is 7.80. The van der Waals surface area contributed by atoms with Crippen molar-refractivity contribution >= 4 is 34.9 Å². The highest BCUT2D eigenvalue weighted by Crippen LogP contribution is 2.15. The molecule has 6 nitrogen and oxygen atoms in total. The van der Waals surface area contributed by atoms with Crippen LogP contribution in [0.2, 0.25) is 0 Å². The second kappa shape index (κ2) is 10.8. The summed E-state index contributed by atoms with van der Waals surface area (Å²) in [5.41, 5.74) is 5.89. The van der Waals surface area contributed by atoms with Crippen molar-refractivity contribution in [3.8, 4) is 0 Å². The van der Waals surface area contributed by atoms with E-state index < -0.39 is 0 Å². The standard InChI is InChI=1S/C24H27FN6S/c1-15-5-10-21(16(2)13-15)29-24(32)31-22(30-23-27-17(3)14-18(4)28-23)26-12-11-19-6-8-20(25)9-7-19/h5-10,13-14H,11-12H2,1-4H3,(H3,26,27,28,29,30,31,32). The first-order valence-electron chi connectivity index (χ1n) is 10.3. The van der Waals surface area contributed by atoms with Crippen LogP contribution >= 0.6 is 12.2 Å². The summed E-state index contributed by atoms with van der Waals surface area (Å²) in [4.78, 5) is 13.4. The van der Waals surface area contributed by atoms with E-state index in [4.69, 9.17) is 12.2 Å². The van der Waals surface area contributed by atoms with Crippen LogP contribution in [-0.2, 0) is 6.42 Å². The van der Waals surface area contributed by atoms with Crippen molar-refractivity contribution in [2.75, 3.05) is 17.2 Å². The van der Waals surface area contributed by atoms with E-state index in [1.165, 1.54) is 17.7 Å². The zero-order chi connectivity index (χ0) is 23.1. The first kappa shape index (κ1) is 23.3. The smallest absolute Gasteiger partial charge is 0.229 e. The average molecular weight is 451 g/mol. The molecule has 0 unspecified atom stereocenters. The van der Waals surface area contributed by atoms with Gasteiger partial charge in [0, 0.05) is 23.6 Å². The minimum absolute atomic E-state index is 0.254. The van der Waals surface area contributed by atoms with Gasteiger partial charge in [-0.25, -0.2) is 14.4 Å². The average Bonchev–Trinajstić information content (AvgIpc) is 2.71. The summed E-state index contributed by atoms with van der Waals surface area (Å²) in [7, 11) is 0. The number of nitrogens with one attached hydrogen (secondary N) is 3. The van der Waals surface area contributed by atoms with Crippen LogP contribution in [-0.4, -0.2) is 27.6 Å². The van der Waals surface area contributed by atoms with Crippen LogP contribution in [0.4, 0.5) is 16.0 Å². The van der Waals surface area contributed by atoms with Crippen LogP contribution in [0, 0.1) is 33.5 Å². The lowest BCUT2D eigenvalue weighted by molar-refractivity contribution is 0.627. The van der Waals surface area contributed by atoms with Crippen molar-refractivity contribution in [2.24, 2.45) is 4.99 Å². The Kier molecular flexibility index (Phi) is 7.83. The molecule has 0 atom stereocenters. The highest BCUT2D eigenvalue weighted by Gasteiger charge is 2.08. The monoisotopic (exact) mass is 450 g/mol. The van der Waals surface area contributed by atoms with Gasteiger partial charge in [0.1, 0.15) is 5.82 Å². The summed E-state index contributed by atoms with van der Waals surface area (Å²) in [6.07, 6.45) is 0.651. The second-order valence-electron chi connectivity index (χ2n) is 7.60. The van der Waals surface area contributed by atoms with Crippen molar-refractivity contribution in [1.29, 1.82) is 0 Å². The van der Waals surface area contributed by atoms with Crippen LogP contribution in [0.15, 0.2) is 53.5 Å². The van der Waals surface area contributed by atoms with Crippen LogP contribution in [0.25, 0.3) is 0 Å². The van der Waals surface area contributed by atoms with Crippen molar-refractivity contribution in [1.82, 2.24) is 15.3 Å². The van der Waals surface area contributed by atoms with E-state index in [1.54, 1.807) is 12.1 Å². The number of nitrogens with zero attached hydrogens (tertiary/aromatic N) is 3. The summed E-state index contributed by atoms with van der Waals surface area (Å²) in [5.74, 6) is 0.611. The Hall–Kier alpha value is -3.39. The number of hydrogen-bond donors (Lipinski definition) is 3. The van der Waals surface area contributed by atoms with Gasteiger partial charge in [-0.05, 0) is 81.7 Å². The zero-order valence-electron chi connectivity index (χ0n) is 18.7. The number of aromatic nitrogens is 2. The largest absolute Gasteiger partial charge is 0.332 e.